The fourth-order valence-electron chi connectivity index (χ4n) is 1.18. The zero-order chi connectivity index (χ0) is 13.5. The highest BCUT2D eigenvalue weighted by Crippen LogP contribution is 2.16. The zero-order valence-corrected chi connectivity index (χ0v) is 11.0. The highest BCUT2D eigenvalue weighted by atomic mass is 35.5. The van der Waals surface area contributed by atoms with E-state index in [1.807, 2.05) is 0 Å². The molecule has 0 saturated carbocycles. The first-order valence-electron chi connectivity index (χ1n) is 5.38. The number of alkyl halides is 1. The Bertz CT molecular complexity index is 437. The molecule has 0 aliphatic heterocycles. The summed E-state index contributed by atoms with van der Waals surface area (Å²) >= 11 is 5.60. The molecule has 5 nitrogen and oxygen atoms in total. The minimum atomic E-state index is -0.562. The third-order valence-corrected chi connectivity index (χ3v) is 2.70. The Kier molecular flexibility index (Phi) is 5.45. The molecule has 0 radical (unpaired) electrons. The van der Waals surface area contributed by atoms with Crippen LogP contribution in [0, 0.1) is 5.92 Å². The fraction of sp³-hybridized carbons (Fsp3) is 0.333. The van der Waals surface area contributed by atoms with Gasteiger partial charge in [-0.05, 0) is 18.2 Å². The number of nitrogens with one attached hydrogen (secondary N) is 2. The second-order valence-electron chi connectivity index (χ2n) is 3.74. The average molecular weight is 271 g/mol. The minimum Gasteiger partial charge on any atom is -0.453 e. The first kappa shape index (κ1) is 14.3. The molecule has 0 heterocycles. The van der Waals surface area contributed by atoms with Crippen LogP contribution in [0.25, 0.3) is 0 Å². The summed E-state index contributed by atoms with van der Waals surface area (Å²) in [4.78, 5) is 22.7. The normalized spacial score (nSPS) is 11.5. The van der Waals surface area contributed by atoms with E-state index in [0.717, 1.165) is 0 Å². The molecule has 0 spiro atoms. The van der Waals surface area contributed by atoms with Crippen LogP contribution in [-0.4, -0.2) is 25.0 Å². The van der Waals surface area contributed by atoms with Crippen molar-refractivity contribution in [2.45, 2.75) is 6.92 Å². The first-order valence-corrected chi connectivity index (χ1v) is 5.92. The van der Waals surface area contributed by atoms with Crippen molar-refractivity contribution >= 4 is 35.0 Å². The number of anilines is 2. The Labute approximate surface area is 110 Å². The molecule has 1 unspecified atom stereocenters. The summed E-state index contributed by atoms with van der Waals surface area (Å²) in [5.74, 6) is -0.185. The maximum Gasteiger partial charge on any atom is 0.411 e. The van der Waals surface area contributed by atoms with Crippen molar-refractivity contribution in [1.29, 1.82) is 0 Å². The van der Waals surface area contributed by atoms with Gasteiger partial charge in [0.05, 0.1) is 7.11 Å². The first-order chi connectivity index (χ1) is 8.56. The molecule has 6 heteroatoms. The van der Waals surface area contributed by atoms with Gasteiger partial charge < -0.3 is 10.1 Å². The van der Waals surface area contributed by atoms with Crippen molar-refractivity contribution in [3.05, 3.63) is 24.3 Å². The van der Waals surface area contributed by atoms with Crippen LogP contribution >= 0.6 is 11.6 Å². The van der Waals surface area contributed by atoms with Crippen molar-refractivity contribution in [3.63, 3.8) is 0 Å². The van der Waals surface area contributed by atoms with E-state index in [4.69, 9.17) is 11.6 Å². The van der Waals surface area contributed by atoms with E-state index < -0.39 is 6.09 Å². The number of rotatable bonds is 4. The number of benzene rings is 1. The van der Waals surface area contributed by atoms with Crippen LogP contribution in [0.15, 0.2) is 24.3 Å². The highest BCUT2D eigenvalue weighted by Gasteiger charge is 2.11. The van der Waals surface area contributed by atoms with Gasteiger partial charge in [0, 0.05) is 23.2 Å². The van der Waals surface area contributed by atoms with Crippen molar-refractivity contribution < 1.29 is 14.3 Å². The van der Waals surface area contributed by atoms with Gasteiger partial charge in [0.25, 0.3) is 0 Å². The Morgan fingerprint density at radius 3 is 2.50 bits per heavy atom. The molecule has 2 N–H and O–H groups in total. The number of methoxy groups -OCH3 is 1. The maximum atomic E-state index is 11.6. The monoisotopic (exact) mass is 270 g/mol. The summed E-state index contributed by atoms with van der Waals surface area (Å²) in [6.07, 6.45) is -0.562. The lowest BCUT2D eigenvalue weighted by atomic mass is 10.2. The number of carbonyl (C=O) groups is 2. The third kappa shape index (κ3) is 4.25. The highest BCUT2D eigenvalue weighted by molar-refractivity contribution is 6.19. The van der Waals surface area contributed by atoms with Gasteiger partial charge in [0.2, 0.25) is 5.91 Å². The number of ether oxygens (including phenoxy) is 1. The molecule has 1 rings (SSSR count). The second kappa shape index (κ2) is 6.86. The quantitative estimate of drug-likeness (QED) is 0.827. The Morgan fingerprint density at radius 1 is 1.33 bits per heavy atom. The SMILES string of the molecule is COC(=O)Nc1cccc(NC(=O)C(C)CCl)c1. The Hall–Kier alpha value is -1.75. The third-order valence-electron chi connectivity index (χ3n) is 2.24. The molecule has 0 aliphatic carbocycles. The van der Waals surface area contributed by atoms with Crippen LogP contribution in [0.5, 0.6) is 0 Å². The summed E-state index contributed by atoms with van der Waals surface area (Å²) in [5.41, 5.74) is 1.13. The summed E-state index contributed by atoms with van der Waals surface area (Å²) in [6, 6.07) is 6.76. The molecule has 2 amide bonds. The molecule has 0 aromatic heterocycles. The van der Waals surface area contributed by atoms with E-state index in [1.165, 1.54) is 7.11 Å². The number of halogens is 1. The standard InChI is InChI=1S/C12H15ClN2O3/c1-8(7-13)11(16)14-9-4-3-5-10(6-9)15-12(17)18-2/h3-6,8H,7H2,1-2H3,(H,14,16)(H,15,17). The molecular weight excluding hydrogens is 256 g/mol. The van der Waals surface area contributed by atoms with Gasteiger partial charge in [-0.2, -0.15) is 0 Å². The van der Waals surface area contributed by atoms with Gasteiger partial charge in [-0.3, -0.25) is 10.1 Å². The van der Waals surface area contributed by atoms with Crippen LogP contribution in [0.2, 0.25) is 0 Å². The largest absolute Gasteiger partial charge is 0.453 e. The number of hydrogen-bond donors (Lipinski definition) is 2. The number of hydrogen-bond acceptors (Lipinski definition) is 3. The van der Waals surface area contributed by atoms with Gasteiger partial charge >= 0.3 is 6.09 Å². The summed E-state index contributed by atoms with van der Waals surface area (Å²) in [7, 11) is 1.28. The molecule has 0 saturated heterocycles. The molecule has 1 aromatic rings. The molecule has 1 aromatic carbocycles. The van der Waals surface area contributed by atoms with Gasteiger partial charge in [-0.1, -0.05) is 13.0 Å². The number of carbonyl (C=O) groups excluding carboxylic acids is 2. The molecule has 18 heavy (non-hydrogen) atoms. The maximum absolute atomic E-state index is 11.6. The van der Waals surface area contributed by atoms with Crippen LogP contribution in [0.4, 0.5) is 16.2 Å². The van der Waals surface area contributed by atoms with Crippen LogP contribution in [0.1, 0.15) is 6.92 Å². The van der Waals surface area contributed by atoms with E-state index >= 15 is 0 Å². The predicted molar refractivity (Wildman–Crippen MR) is 71.0 cm³/mol. The average Bonchev–Trinajstić information content (AvgIpc) is 2.37. The molecule has 1 atom stereocenters. The van der Waals surface area contributed by atoms with Crippen molar-refractivity contribution in [1.82, 2.24) is 0 Å². The van der Waals surface area contributed by atoms with Crippen LogP contribution in [-0.2, 0) is 9.53 Å². The lowest BCUT2D eigenvalue weighted by Crippen LogP contribution is -2.21. The molecule has 0 fully saturated rings. The van der Waals surface area contributed by atoms with Crippen molar-refractivity contribution in [2.24, 2.45) is 5.92 Å². The van der Waals surface area contributed by atoms with Crippen molar-refractivity contribution in [3.8, 4) is 0 Å². The van der Waals surface area contributed by atoms with E-state index in [0.29, 0.717) is 11.4 Å². The van der Waals surface area contributed by atoms with E-state index in [1.54, 1.807) is 31.2 Å². The fourth-order valence-corrected chi connectivity index (χ4v) is 1.32. The summed E-state index contributed by atoms with van der Waals surface area (Å²) in [5, 5.41) is 5.22. The van der Waals surface area contributed by atoms with Gasteiger partial charge in [-0.25, -0.2) is 4.79 Å². The van der Waals surface area contributed by atoms with E-state index in [9.17, 15) is 9.59 Å². The Morgan fingerprint density at radius 2 is 1.94 bits per heavy atom. The van der Waals surface area contributed by atoms with Crippen LogP contribution in [0.3, 0.4) is 0 Å². The molecular formula is C12H15ClN2O3. The smallest absolute Gasteiger partial charge is 0.411 e. The minimum absolute atomic E-state index is 0.166. The van der Waals surface area contributed by atoms with E-state index in [2.05, 4.69) is 15.4 Å². The lowest BCUT2D eigenvalue weighted by molar-refractivity contribution is -0.118. The van der Waals surface area contributed by atoms with E-state index in [-0.39, 0.29) is 17.7 Å². The van der Waals surface area contributed by atoms with Crippen molar-refractivity contribution in [2.75, 3.05) is 23.6 Å². The topological polar surface area (TPSA) is 67.4 Å². The summed E-state index contributed by atoms with van der Waals surface area (Å²) in [6.45, 7) is 1.74. The second-order valence-corrected chi connectivity index (χ2v) is 4.05. The van der Waals surface area contributed by atoms with Crippen LogP contribution < -0.4 is 10.6 Å². The lowest BCUT2D eigenvalue weighted by Gasteiger charge is -2.10. The molecule has 0 aliphatic rings. The molecule has 0 bridgehead atoms. The zero-order valence-electron chi connectivity index (χ0n) is 10.2. The number of amides is 2. The van der Waals surface area contributed by atoms with Gasteiger partial charge in [-0.15, -0.1) is 11.6 Å². The Balaban J connectivity index is 2.70. The molecule has 98 valence electrons. The predicted octanol–water partition coefficient (Wildman–Crippen LogP) is 2.68. The summed E-state index contributed by atoms with van der Waals surface area (Å²) < 4.78 is 4.48. The van der Waals surface area contributed by atoms with Gasteiger partial charge in [0.15, 0.2) is 0 Å². The van der Waals surface area contributed by atoms with Gasteiger partial charge in [0.1, 0.15) is 0 Å².